The molecule has 1 rings (SSSR count). The summed E-state index contributed by atoms with van der Waals surface area (Å²) in [5, 5.41) is 2.93. The molecule has 0 saturated carbocycles. The minimum Gasteiger partial charge on any atom is -0.334 e. The van der Waals surface area contributed by atoms with Gasteiger partial charge in [-0.15, -0.1) is 0 Å². The van der Waals surface area contributed by atoms with Crippen LogP contribution < -0.4 is 5.32 Å². The molecule has 2 atom stereocenters. The van der Waals surface area contributed by atoms with Crippen molar-refractivity contribution in [3.8, 4) is 0 Å². The summed E-state index contributed by atoms with van der Waals surface area (Å²) in [4.78, 5) is 11.7. The van der Waals surface area contributed by atoms with Crippen molar-refractivity contribution in [2.45, 2.75) is 38.0 Å². The lowest BCUT2D eigenvalue weighted by Gasteiger charge is -2.37. The largest absolute Gasteiger partial charge is 0.463 e. The van der Waals surface area contributed by atoms with Crippen LogP contribution in [0.1, 0.15) is 13.8 Å². The highest BCUT2D eigenvalue weighted by atomic mass is 19.4. The van der Waals surface area contributed by atoms with Crippen molar-refractivity contribution in [2.75, 3.05) is 13.1 Å². The van der Waals surface area contributed by atoms with Gasteiger partial charge in [0.05, 0.1) is 0 Å². The molecule has 3 nitrogen and oxygen atoms in total. The number of hydrogen-bond donors (Lipinski definition) is 1. The van der Waals surface area contributed by atoms with E-state index < -0.39 is 18.0 Å². The maximum Gasteiger partial charge on any atom is 0.463 e. The Labute approximate surface area is 95.0 Å². The van der Waals surface area contributed by atoms with E-state index in [4.69, 9.17) is 0 Å². The molecule has 1 aliphatic heterocycles. The second-order valence-corrected chi connectivity index (χ2v) is 4.25. The molecule has 0 radical (unpaired) electrons. The van der Waals surface area contributed by atoms with Gasteiger partial charge in [-0.1, -0.05) is 0 Å². The molecule has 2 unspecified atom stereocenters. The number of nitrogens with one attached hydrogen (secondary N) is 1. The molecular formula is C9H13F5N2O. The van der Waals surface area contributed by atoms with E-state index in [1.54, 1.807) is 13.8 Å². The molecule has 0 aromatic rings. The zero-order valence-electron chi connectivity index (χ0n) is 9.31. The van der Waals surface area contributed by atoms with Crippen molar-refractivity contribution >= 4 is 5.91 Å². The lowest BCUT2D eigenvalue weighted by molar-refractivity contribution is -0.275. The van der Waals surface area contributed by atoms with Gasteiger partial charge in [0.2, 0.25) is 0 Å². The van der Waals surface area contributed by atoms with Crippen LogP contribution in [0.25, 0.3) is 0 Å². The Morgan fingerprint density at radius 3 is 1.88 bits per heavy atom. The third kappa shape index (κ3) is 2.85. The van der Waals surface area contributed by atoms with Gasteiger partial charge in [0.1, 0.15) is 0 Å². The summed E-state index contributed by atoms with van der Waals surface area (Å²) < 4.78 is 61.7. The van der Waals surface area contributed by atoms with Crippen LogP contribution in [-0.4, -0.2) is 48.1 Å². The fourth-order valence-corrected chi connectivity index (χ4v) is 1.81. The molecule has 1 amide bonds. The number of carbonyl (C=O) groups excluding carboxylic acids is 1. The van der Waals surface area contributed by atoms with Gasteiger partial charge in [-0.3, -0.25) is 4.79 Å². The number of carbonyl (C=O) groups is 1. The van der Waals surface area contributed by atoms with Crippen molar-refractivity contribution in [3.05, 3.63) is 0 Å². The Morgan fingerprint density at radius 1 is 1.12 bits per heavy atom. The third-order valence-electron chi connectivity index (χ3n) is 2.47. The van der Waals surface area contributed by atoms with Gasteiger partial charge >= 0.3 is 18.0 Å². The number of alkyl halides is 5. The summed E-state index contributed by atoms with van der Waals surface area (Å²) >= 11 is 0. The third-order valence-corrected chi connectivity index (χ3v) is 2.47. The van der Waals surface area contributed by atoms with E-state index in [-0.39, 0.29) is 25.2 Å². The van der Waals surface area contributed by atoms with Gasteiger partial charge in [0.25, 0.3) is 0 Å². The molecule has 17 heavy (non-hydrogen) atoms. The maximum atomic E-state index is 12.8. The van der Waals surface area contributed by atoms with Gasteiger partial charge in [-0.25, -0.2) is 0 Å². The van der Waals surface area contributed by atoms with Gasteiger partial charge in [-0.05, 0) is 13.8 Å². The molecule has 0 bridgehead atoms. The molecule has 8 heteroatoms. The quantitative estimate of drug-likeness (QED) is 0.723. The molecule has 0 aliphatic carbocycles. The van der Waals surface area contributed by atoms with Crippen molar-refractivity contribution < 1.29 is 26.7 Å². The van der Waals surface area contributed by atoms with Gasteiger partial charge in [0.15, 0.2) is 0 Å². The number of amides is 1. The zero-order chi connectivity index (χ0) is 13.4. The second kappa shape index (κ2) is 4.40. The first kappa shape index (κ1) is 14.1. The molecule has 0 spiro atoms. The molecule has 1 saturated heterocycles. The van der Waals surface area contributed by atoms with Crippen molar-refractivity contribution in [2.24, 2.45) is 0 Å². The average Bonchev–Trinajstić information content (AvgIpc) is 2.13. The first-order valence-electron chi connectivity index (χ1n) is 5.05. The number of hydrogen-bond acceptors (Lipinski definition) is 2. The number of halogens is 5. The average molecular weight is 260 g/mol. The van der Waals surface area contributed by atoms with Crippen molar-refractivity contribution in [3.63, 3.8) is 0 Å². The van der Waals surface area contributed by atoms with E-state index in [1.807, 2.05) is 0 Å². The first-order valence-corrected chi connectivity index (χ1v) is 5.05. The van der Waals surface area contributed by atoms with Crippen LogP contribution in [0.5, 0.6) is 0 Å². The maximum absolute atomic E-state index is 12.8. The van der Waals surface area contributed by atoms with Crippen LogP contribution in [-0.2, 0) is 4.79 Å². The summed E-state index contributed by atoms with van der Waals surface area (Å²) in [5.41, 5.74) is 0. The predicted molar refractivity (Wildman–Crippen MR) is 49.6 cm³/mol. The Morgan fingerprint density at radius 2 is 1.53 bits per heavy atom. The van der Waals surface area contributed by atoms with Crippen LogP contribution in [0, 0.1) is 0 Å². The summed E-state index contributed by atoms with van der Waals surface area (Å²) in [6.07, 6.45) is -5.85. The first-order chi connectivity index (χ1) is 7.55. The minimum absolute atomic E-state index is 0.158. The number of piperazine rings is 1. The normalized spacial score (nSPS) is 27.1. The summed E-state index contributed by atoms with van der Waals surface area (Å²) in [6.45, 7) is 2.91. The van der Waals surface area contributed by atoms with E-state index in [9.17, 15) is 26.7 Å². The Bertz CT molecular complexity index is 294. The zero-order valence-corrected chi connectivity index (χ0v) is 9.31. The molecule has 0 aromatic heterocycles. The Hall–Kier alpha value is -0.920. The van der Waals surface area contributed by atoms with Crippen molar-refractivity contribution in [1.29, 1.82) is 0 Å². The van der Waals surface area contributed by atoms with E-state index in [0.29, 0.717) is 4.90 Å². The molecule has 1 fully saturated rings. The fraction of sp³-hybridized carbons (Fsp3) is 0.889. The van der Waals surface area contributed by atoms with E-state index in [2.05, 4.69) is 5.32 Å². The molecule has 0 aromatic carbocycles. The molecule has 1 N–H and O–H groups in total. The van der Waals surface area contributed by atoms with Crippen molar-refractivity contribution in [1.82, 2.24) is 10.2 Å². The van der Waals surface area contributed by atoms with Gasteiger partial charge in [0, 0.05) is 25.2 Å². The lowest BCUT2D eigenvalue weighted by Crippen LogP contribution is -2.61. The minimum atomic E-state index is -5.85. The van der Waals surface area contributed by atoms with Gasteiger partial charge < -0.3 is 10.2 Å². The van der Waals surface area contributed by atoms with Crippen LogP contribution in [0.4, 0.5) is 22.0 Å². The van der Waals surface area contributed by atoms with E-state index >= 15 is 0 Å². The molecular weight excluding hydrogens is 247 g/mol. The molecule has 100 valence electrons. The molecule has 1 heterocycles. The number of rotatable bonds is 1. The Kier molecular flexibility index (Phi) is 3.66. The van der Waals surface area contributed by atoms with E-state index in [0.717, 1.165) is 0 Å². The van der Waals surface area contributed by atoms with Gasteiger partial charge in [-0.2, -0.15) is 22.0 Å². The highest BCUT2D eigenvalue weighted by Crippen LogP contribution is 2.37. The van der Waals surface area contributed by atoms with Crippen LogP contribution in [0.15, 0.2) is 0 Å². The summed E-state index contributed by atoms with van der Waals surface area (Å²) in [5.74, 6) is -7.49. The van der Waals surface area contributed by atoms with Crippen LogP contribution in [0.3, 0.4) is 0 Å². The smallest absolute Gasteiger partial charge is 0.334 e. The highest BCUT2D eigenvalue weighted by Gasteiger charge is 2.64. The second-order valence-electron chi connectivity index (χ2n) is 4.25. The monoisotopic (exact) mass is 260 g/mol. The summed E-state index contributed by atoms with van der Waals surface area (Å²) in [6, 6.07) is -0.626. The van der Waals surface area contributed by atoms with Crippen LogP contribution in [0.2, 0.25) is 0 Å². The molecule has 1 aliphatic rings. The SMILES string of the molecule is CC1CN(C(=O)C(F)(F)C(F)(F)F)CC(C)N1. The predicted octanol–water partition coefficient (Wildman–Crippen LogP) is 1.39. The van der Waals surface area contributed by atoms with E-state index in [1.165, 1.54) is 0 Å². The lowest BCUT2D eigenvalue weighted by atomic mass is 10.1. The fourth-order valence-electron chi connectivity index (χ4n) is 1.81. The Balaban J connectivity index is 2.83. The van der Waals surface area contributed by atoms with Crippen LogP contribution >= 0.6 is 0 Å². The number of nitrogens with zero attached hydrogens (tertiary/aromatic N) is 1. The summed E-state index contributed by atoms with van der Waals surface area (Å²) in [7, 11) is 0. The topological polar surface area (TPSA) is 32.3 Å². The standard InChI is InChI=1S/C9H13F5N2O/c1-5-3-16(4-6(2)15-5)7(17)8(10,11)9(12,13)14/h5-6,15H,3-4H2,1-2H3. The highest BCUT2D eigenvalue weighted by molar-refractivity contribution is 5.84.